The topological polar surface area (TPSA) is 142 Å². The largest absolute Gasteiger partial charge is 0.507 e. The summed E-state index contributed by atoms with van der Waals surface area (Å²) in [5.41, 5.74) is 4.79. The number of hydrogen-bond acceptors (Lipinski definition) is 4. The summed E-state index contributed by atoms with van der Waals surface area (Å²) in [4.78, 5) is 32.8. The summed E-state index contributed by atoms with van der Waals surface area (Å²) in [6, 6.07) is 1.86. The second kappa shape index (κ2) is 5.71. The second-order valence-corrected chi connectivity index (χ2v) is 3.76. The molecule has 1 atom stereocenters. The Hall–Kier alpha value is -2.77. The van der Waals surface area contributed by atoms with E-state index in [9.17, 15) is 19.5 Å². The summed E-state index contributed by atoms with van der Waals surface area (Å²) >= 11 is 0. The zero-order chi connectivity index (χ0) is 14.6. The Balaban J connectivity index is 2.78. The number of nitrogens with two attached hydrogens (primary N) is 1. The molecule has 102 valence electrons. The van der Waals surface area contributed by atoms with Gasteiger partial charge < -0.3 is 26.6 Å². The minimum absolute atomic E-state index is 0.200. The van der Waals surface area contributed by atoms with Crippen LogP contribution in [0.3, 0.4) is 0 Å². The minimum Gasteiger partial charge on any atom is -0.507 e. The molecular formula is C11H13N3O5. The van der Waals surface area contributed by atoms with Gasteiger partial charge in [0.15, 0.2) is 0 Å². The maximum absolute atomic E-state index is 11.6. The fourth-order valence-corrected chi connectivity index (χ4v) is 1.32. The Morgan fingerprint density at radius 3 is 2.42 bits per heavy atom. The number of anilines is 1. The maximum atomic E-state index is 11.6. The molecule has 0 fully saturated rings. The SMILES string of the molecule is CC(NC(N)=O)C(=O)Nc1ccc(C(=O)O)c(O)c1. The number of urea groups is 1. The summed E-state index contributed by atoms with van der Waals surface area (Å²) in [6.07, 6.45) is 0. The van der Waals surface area contributed by atoms with E-state index in [0.29, 0.717) is 0 Å². The van der Waals surface area contributed by atoms with Crippen LogP contribution in [0.1, 0.15) is 17.3 Å². The van der Waals surface area contributed by atoms with Crippen LogP contribution in [0.25, 0.3) is 0 Å². The Bertz CT molecular complexity index is 529. The third-order valence-electron chi connectivity index (χ3n) is 2.25. The van der Waals surface area contributed by atoms with Crippen molar-refractivity contribution in [1.82, 2.24) is 5.32 Å². The Kier molecular flexibility index (Phi) is 4.30. The van der Waals surface area contributed by atoms with Gasteiger partial charge >= 0.3 is 12.0 Å². The number of carbonyl (C=O) groups excluding carboxylic acids is 2. The highest BCUT2D eigenvalue weighted by Gasteiger charge is 2.15. The summed E-state index contributed by atoms with van der Waals surface area (Å²) in [6.45, 7) is 1.42. The predicted octanol–water partition coefficient (Wildman–Crippen LogP) is 0.0857. The van der Waals surface area contributed by atoms with Gasteiger partial charge in [0.1, 0.15) is 17.4 Å². The molecule has 0 heterocycles. The molecule has 8 nitrogen and oxygen atoms in total. The molecule has 0 aliphatic carbocycles. The molecule has 3 amide bonds. The normalized spacial score (nSPS) is 11.4. The number of amides is 3. The first-order chi connectivity index (χ1) is 8.81. The number of carbonyl (C=O) groups is 3. The molecule has 1 aromatic rings. The van der Waals surface area contributed by atoms with Crippen LogP contribution in [0.2, 0.25) is 0 Å². The number of phenols is 1. The average Bonchev–Trinajstić information content (AvgIpc) is 2.27. The summed E-state index contributed by atoms with van der Waals surface area (Å²) in [5.74, 6) is -2.30. The number of aromatic hydroxyl groups is 1. The molecule has 0 aliphatic heterocycles. The lowest BCUT2D eigenvalue weighted by Gasteiger charge is -2.13. The van der Waals surface area contributed by atoms with E-state index in [-0.39, 0.29) is 11.3 Å². The van der Waals surface area contributed by atoms with Crippen LogP contribution in [0.15, 0.2) is 18.2 Å². The summed E-state index contributed by atoms with van der Waals surface area (Å²) < 4.78 is 0. The van der Waals surface area contributed by atoms with Gasteiger partial charge in [-0.05, 0) is 19.1 Å². The summed E-state index contributed by atoms with van der Waals surface area (Å²) in [5, 5.41) is 22.7. The van der Waals surface area contributed by atoms with Gasteiger partial charge in [0.25, 0.3) is 0 Å². The molecule has 1 unspecified atom stereocenters. The van der Waals surface area contributed by atoms with Crippen LogP contribution in [0.5, 0.6) is 5.75 Å². The van der Waals surface area contributed by atoms with Crippen molar-refractivity contribution in [3.8, 4) is 5.75 Å². The summed E-state index contributed by atoms with van der Waals surface area (Å²) in [7, 11) is 0. The van der Waals surface area contributed by atoms with Gasteiger partial charge in [-0.25, -0.2) is 9.59 Å². The van der Waals surface area contributed by atoms with Crippen LogP contribution in [0, 0.1) is 0 Å². The van der Waals surface area contributed by atoms with E-state index in [2.05, 4.69) is 10.6 Å². The predicted molar refractivity (Wildman–Crippen MR) is 65.9 cm³/mol. The van der Waals surface area contributed by atoms with E-state index in [1.807, 2.05) is 0 Å². The number of carboxylic acids is 1. The number of rotatable bonds is 4. The van der Waals surface area contributed by atoms with Crippen molar-refractivity contribution in [2.24, 2.45) is 5.73 Å². The highest BCUT2D eigenvalue weighted by atomic mass is 16.4. The van der Waals surface area contributed by atoms with Crippen LogP contribution >= 0.6 is 0 Å². The van der Waals surface area contributed by atoms with E-state index in [4.69, 9.17) is 10.8 Å². The lowest BCUT2D eigenvalue weighted by Crippen LogP contribution is -2.44. The number of primary amides is 1. The number of carboxylic acid groups (broad SMARTS) is 1. The lowest BCUT2D eigenvalue weighted by atomic mass is 10.2. The standard InChI is InChI=1S/C11H13N3O5/c1-5(13-11(12)19)9(16)14-6-2-3-7(10(17)18)8(15)4-6/h2-5,15H,1H3,(H,14,16)(H,17,18)(H3,12,13,19). The van der Waals surface area contributed by atoms with E-state index in [1.165, 1.54) is 13.0 Å². The van der Waals surface area contributed by atoms with Crippen LogP contribution in [-0.2, 0) is 4.79 Å². The molecule has 0 saturated heterocycles. The molecule has 0 saturated carbocycles. The molecule has 19 heavy (non-hydrogen) atoms. The molecule has 1 aromatic carbocycles. The van der Waals surface area contributed by atoms with E-state index >= 15 is 0 Å². The van der Waals surface area contributed by atoms with Crippen molar-refractivity contribution in [3.05, 3.63) is 23.8 Å². The van der Waals surface area contributed by atoms with Gasteiger partial charge in [-0.3, -0.25) is 4.79 Å². The van der Waals surface area contributed by atoms with Crippen LogP contribution in [0.4, 0.5) is 10.5 Å². The monoisotopic (exact) mass is 267 g/mol. The van der Waals surface area contributed by atoms with Crippen molar-refractivity contribution in [2.75, 3.05) is 5.32 Å². The van der Waals surface area contributed by atoms with Gasteiger partial charge in [0.2, 0.25) is 5.91 Å². The lowest BCUT2D eigenvalue weighted by molar-refractivity contribution is -0.117. The number of hydrogen-bond donors (Lipinski definition) is 5. The van der Waals surface area contributed by atoms with Crippen LogP contribution in [-0.4, -0.2) is 34.2 Å². The van der Waals surface area contributed by atoms with Crippen molar-refractivity contribution in [1.29, 1.82) is 0 Å². The average molecular weight is 267 g/mol. The first-order valence-corrected chi connectivity index (χ1v) is 5.24. The first-order valence-electron chi connectivity index (χ1n) is 5.24. The smallest absolute Gasteiger partial charge is 0.339 e. The van der Waals surface area contributed by atoms with Gasteiger partial charge in [-0.1, -0.05) is 0 Å². The van der Waals surface area contributed by atoms with Gasteiger partial charge in [-0.15, -0.1) is 0 Å². The molecule has 0 aliphatic rings. The second-order valence-electron chi connectivity index (χ2n) is 3.76. The van der Waals surface area contributed by atoms with Crippen molar-refractivity contribution < 1.29 is 24.6 Å². The number of aromatic carboxylic acids is 1. The number of nitrogens with one attached hydrogen (secondary N) is 2. The zero-order valence-electron chi connectivity index (χ0n) is 10.0. The molecule has 0 spiro atoms. The number of benzene rings is 1. The Morgan fingerprint density at radius 2 is 1.95 bits per heavy atom. The minimum atomic E-state index is -1.28. The molecule has 6 N–H and O–H groups in total. The molecule has 1 rings (SSSR count). The molecule has 0 bridgehead atoms. The van der Waals surface area contributed by atoms with E-state index in [0.717, 1.165) is 12.1 Å². The van der Waals surface area contributed by atoms with Gasteiger partial charge in [-0.2, -0.15) is 0 Å². The van der Waals surface area contributed by atoms with Crippen molar-refractivity contribution in [3.63, 3.8) is 0 Å². The third-order valence-corrected chi connectivity index (χ3v) is 2.25. The van der Waals surface area contributed by atoms with Crippen LogP contribution < -0.4 is 16.4 Å². The molecule has 8 heteroatoms. The zero-order valence-corrected chi connectivity index (χ0v) is 10.0. The highest BCUT2D eigenvalue weighted by molar-refractivity contribution is 5.98. The van der Waals surface area contributed by atoms with Crippen molar-refractivity contribution >= 4 is 23.6 Å². The Labute approximate surface area is 108 Å². The fourth-order valence-electron chi connectivity index (χ4n) is 1.32. The van der Waals surface area contributed by atoms with E-state index in [1.54, 1.807) is 0 Å². The highest BCUT2D eigenvalue weighted by Crippen LogP contribution is 2.21. The quantitative estimate of drug-likeness (QED) is 0.525. The molecular weight excluding hydrogens is 254 g/mol. The first kappa shape index (κ1) is 14.3. The molecule has 0 aromatic heterocycles. The third kappa shape index (κ3) is 3.87. The van der Waals surface area contributed by atoms with Gasteiger partial charge in [0.05, 0.1) is 0 Å². The fraction of sp³-hybridized carbons (Fsp3) is 0.182. The van der Waals surface area contributed by atoms with Crippen molar-refractivity contribution in [2.45, 2.75) is 13.0 Å². The Morgan fingerprint density at radius 1 is 1.32 bits per heavy atom. The maximum Gasteiger partial charge on any atom is 0.339 e. The van der Waals surface area contributed by atoms with E-state index < -0.39 is 29.7 Å². The molecule has 0 radical (unpaired) electrons. The van der Waals surface area contributed by atoms with Gasteiger partial charge in [0, 0.05) is 11.8 Å².